The number of fused-ring (bicyclic) bond motifs is 1. The molecule has 0 radical (unpaired) electrons. The summed E-state index contributed by atoms with van der Waals surface area (Å²) in [6.45, 7) is 0.101. The minimum atomic E-state index is -0.556. The zero-order valence-electron chi connectivity index (χ0n) is 12.4. The van der Waals surface area contributed by atoms with Crippen LogP contribution in [0.2, 0.25) is 5.02 Å². The predicted octanol–water partition coefficient (Wildman–Crippen LogP) is 3.47. The Labute approximate surface area is 141 Å². The molecule has 3 rings (SSSR count). The van der Waals surface area contributed by atoms with Gasteiger partial charge >= 0.3 is 5.97 Å². The van der Waals surface area contributed by atoms with Gasteiger partial charge in [-0.15, -0.1) is 0 Å². The van der Waals surface area contributed by atoms with Crippen LogP contribution in [-0.4, -0.2) is 17.7 Å². The third-order valence-electron chi connectivity index (χ3n) is 3.42. The second-order valence-electron chi connectivity index (χ2n) is 5.04. The van der Waals surface area contributed by atoms with Gasteiger partial charge in [-0.1, -0.05) is 11.6 Å². The molecule has 0 saturated carbocycles. The summed E-state index contributed by atoms with van der Waals surface area (Å²) in [6, 6.07) is 8.95. The molecule has 1 heterocycles. The minimum Gasteiger partial charge on any atom is -0.467 e. The molecule has 2 aromatic rings. The summed E-state index contributed by atoms with van der Waals surface area (Å²) < 4.78 is 15.7. The molecule has 0 spiro atoms. The van der Waals surface area contributed by atoms with Crippen molar-refractivity contribution in [2.45, 2.75) is 13.2 Å². The van der Waals surface area contributed by atoms with Gasteiger partial charge in [0.15, 0.2) is 6.79 Å². The lowest BCUT2D eigenvalue weighted by Gasteiger charge is -2.20. The van der Waals surface area contributed by atoms with E-state index in [-0.39, 0.29) is 25.7 Å². The number of non-ortho nitro benzene ring substituents is 1. The van der Waals surface area contributed by atoms with Gasteiger partial charge in [-0.3, -0.25) is 10.1 Å². The van der Waals surface area contributed by atoms with Gasteiger partial charge < -0.3 is 14.2 Å². The first kappa shape index (κ1) is 16.2. The van der Waals surface area contributed by atoms with E-state index in [1.807, 2.05) is 0 Å². The Morgan fingerprint density at radius 1 is 1.29 bits per heavy atom. The quantitative estimate of drug-likeness (QED) is 0.477. The van der Waals surface area contributed by atoms with E-state index in [0.29, 0.717) is 27.5 Å². The fraction of sp³-hybridized carbons (Fsp3) is 0.188. The maximum Gasteiger partial charge on any atom is 0.338 e. The van der Waals surface area contributed by atoms with Gasteiger partial charge in [0.2, 0.25) is 0 Å². The average Bonchev–Trinajstić information content (AvgIpc) is 2.59. The number of nitro benzene ring substituents is 1. The lowest BCUT2D eigenvalue weighted by molar-refractivity contribution is -0.385. The molecule has 24 heavy (non-hydrogen) atoms. The van der Waals surface area contributed by atoms with Crippen molar-refractivity contribution in [1.29, 1.82) is 0 Å². The van der Waals surface area contributed by atoms with Crippen molar-refractivity contribution in [3.63, 3.8) is 0 Å². The van der Waals surface area contributed by atoms with Crippen LogP contribution in [0.4, 0.5) is 5.69 Å². The number of hydrogen-bond acceptors (Lipinski definition) is 6. The molecule has 0 aromatic heterocycles. The van der Waals surface area contributed by atoms with Crippen molar-refractivity contribution in [3.8, 4) is 5.75 Å². The first-order valence-corrected chi connectivity index (χ1v) is 7.36. The number of benzene rings is 2. The van der Waals surface area contributed by atoms with Gasteiger partial charge in [-0.05, 0) is 24.3 Å². The Balaban J connectivity index is 1.81. The molecule has 7 nitrogen and oxygen atoms in total. The standard InChI is InChI=1S/C16H12ClNO6/c17-13-3-1-10(2-4-13)16(19)23-8-12-6-14(18(20)21)5-11-7-22-9-24-15(11)12/h1-6H,7-9H2. The molecule has 124 valence electrons. The number of rotatable bonds is 4. The van der Waals surface area contributed by atoms with Crippen LogP contribution in [0.25, 0.3) is 0 Å². The predicted molar refractivity (Wildman–Crippen MR) is 84.0 cm³/mol. The van der Waals surface area contributed by atoms with Crippen molar-refractivity contribution in [1.82, 2.24) is 0 Å². The van der Waals surface area contributed by atoms with Gasteiger partial charge in [0.05, 0.1) is 17.1 Å². The van der Waals surface area contributed by atoms with Gasteiger partial charge in [0, 0.05) is 28.3 Å². The van der Waals surface area contributed by atoms with Crippen LogP contribution < -0.4 is 4.74 Å². The van der Waals surface area contributed by atoms with E-state index in [4.69, 9.17) is 25.8 Å². The first-order chi connectivity index (χ1) is 11.5. The highest BCUT2D eigenvalue weighted by molar-refractivity contribution is 6.30. The van der Waals surface area contributed by atoms with E-state index in [1.54, 1.807) is 12.1 Å². The molecule has 0 unspecified atom stereocenters. The molecule has 1 aliphatic rings. The number of halogens is 1. The topological polar surface area (TPSA) is 87.9 Å². The monoisotopic (exact) mass is 349 g/mol. The smallest absolute Gasteiger partial charge is 0.338 e. The minimum absolute atomic E-state index is 0.0446. The van der Waals surface area contributed by atoms with Crippen molar-refractivity contribution in [2.75, 3.05) is 6.79 Å². The molecule has 2 aromatic carbocycles. The summed E-state index contributed by atoms with van der Waals surface area (Å²) in [5.41, 5.74) is 1.20. The Bertz CT molecular complexity index is 790. The van der Waals surface area contributed by atoms with Crippen LogP contribution in [0.15, 0.2) is 36.4 Å². The molecule has 1 aliphatic heterocycles. The molecular weight excluding hydrogens is 338 g/mol. The van der Waals surface area contributed by atoms with E-state index in [1.165, 1.54) is 24.3 Å². The average molecular weight is 350 g/mol. The van der Waals surface area contributed by atoms with Crippen LogP contribution in [0.1, 0.15) is 21.5 Å². The zero-order valence-corrected chi connectivity index (χ0v) is 13.1. The lowest BCUT2D eigenvalue weighted by Crippen LogP contribution is -2.15. The van der Waals surface area contributed by atoms with Crippen molar-refractivity contribution >= 4 is 23.3 Å². The summed E-state index contributed by atoms with van der Waals surface area (Å²) in [6.07, 6.45) is 0. The zero-order chi connectivity index (χ0) is 17.1. The Morgan fingerprint density at radius 2 is 2.04 bits per heavy atom. The second kappa shape index (κ2) is 6.86. The molecule has 0 saturated heterocycles. The fourth-order valence-electron chi connectivity index (χ4n) is 2.31. The summed E-state index contributed by atoms with van der Waals surface area (Å²) in [5.74, 6) is -0.102. The van der Waals surface area contributed by atoms with Crippen LogP contribution in [-0.2, 0) is 22.7 Å². The van der Waals surface area contributed by atoms with Gasteiger partial charge in [0.1, 0.15) is 12.4 Å². The third-order valence-corrected chi connectivity index (χ3v) is 3.67. The molecule has 0 N–H and O–H groups in total. The highest BCUT2D eigenvalue weighted by Crippen LogP contribution is 2.33. The van der Waals surface area contributed by atoms with Gasteiger partial charge in [-0.25, -0.2) is 4.79 Å². The molecular formula is C16H12ClNO6. The maximum atomic E-state index is 12.1. The van der Waals surface area contributed by atoms with E-state index >= 15 is 0 Å². The Kier molecular flexibility index (Phi) is 4.64. The van der Waals surface area contributed by atoms with E-state index in [9.17, 15) is 14.9 Å². The molecule has 0 atom stereocenters. The summed E-state index contributed by atoms with van der Waals surface area (Å²) in [5, 5.41) is 11.5. The Hall–Kier alpha value is -2.64. The summed E-state index contributed by atoms with van der Waals surface area (Å²) in [4.78, 5) is 22.6. The van der Waals surface area contributed by atoms with Gasteiger partial charge in [0.25, 0.3) is 5.69 Å². The normalized spacial score (nSPS) is 12.9. The maximum absolute atomic E-state index is 12.1. The first-order valence-electron chi connectivity index (χ1n) is 6.98. The highest BCUT2D eigenvalue weighted by Gasteiger charge is 2.22. The van der Waals surface area contributed by atoms with Crippen LogP contribution >= 0.6 is 11.6 Å². The molecule has 8 heteroatoms. The fourth-order valence-corrected chi connectivity index (χ4v) is 2.43. The lowest BCUT2D eigenvalue weighted by atomic mass is 10.1. The largest absolute Gasteiger partial charge is 0.467 e. The second-order valence-corrected chi connectivity index (χ2v) is 5.48. The number of nitro groups is 1. The number of nitrogens with zero attached hydrogens (tertiary/aromatic N) is 1. The number of esters is 1. The van der Waals surface area contributed by atoms with E-state index in [2.05, 4.69) is 0 Å². The van der Waals surface area contributed by atoms with Gasteiger partial charge in [-0.2, -0.15) is 0 Å². The highest BCUT2D eigenvalue weighted by atomic mass is 35.5. The number of ether oxygens (including phenoxy) is 3. The van der Waals surface area contributed by atoms with Crippen molar-refractivity contribution < 1.29 is 23.9 Å². The van der Waals surface area contributed by atoms with E-state index < -0.39 is 10.9 Å². The van der Waals surface area contributed by atoms with Crippen LogP contribution in [0.5, 0.6) is 5.75 Å². The third kappa shape index (κ3) is 3.47. The molecule has 0 fully saturated rings. The van der Waals surface area contributed by atoms with Crippen molar-refractivity contribution in [3.05, 3.63) is 68.2 Å². The van der Waals surface area contributed by atoms with Crippen molar-refractivity contribution in [2.24, 2.45) is 0 Å². The molecule has 0 bridgehead atoms. The number of hydrogen-bond donors (Lipinski definition) is 0. The van der Waals surface area contributed by atoms with Crippen LogP contribution in [0.3, 0.4) is 0 Å². The molecule has 0 aliphatic carbocycles. The SMILES string of the molecule is O=C(OCc1cc([N+](=O)[O-])cc2c1OCOC2)c1ccc(Cl)cc1. The summed E-state index contributed by atoms with van der Waals surface area (Å²) in [7, 11) is 0. The molecule has 0 amide bonds. The number of carbonyl (C=O) groups is 1. The number of carbonyl (C=O) groups excluding carboxylic acids is 1. The Morgan fingerprint density at radius 3 is 2.75 bits per heavy atom. The summed E-state index contributed by atoms with van der Waals surface area (Å²) >= 11 is 5.77. The van der Waals surface area contributed by atoms with Crippen LogP contribution in [0, 0.1) is 10.1 Å². The van der Waals surface area contributed by atoms with E-state index in [0.717, 1.165) is 0 Å².